The molecule has 0 atom stereocenters. The Balaban J connectivity index is 2.42. The largest absolute Gasteiger partial charge is 0.357 e. The Hall–Kier alpha value is -1.10. The molecule has 0 aliphatic carbocycles. The molecule has 1 heterocycles. The Morgan fingerprint density at radius 3 is 2.67 bits per heavy atom. The fourth-order valence-electron chi connectivity index (χ4n) is 1.92. The van der Waals surface area contributed by atoms with Crippen LogP contribution >= 0.6 is 11.3 Å². The van der Waals surface area contributed by atoms with E-state index in [2.05, 4.69) is 53.7 Å². The molecule has 0 fully saturated rings. The molecule has 120 valence electrons. The van der Waals surface area contributed by atoms with Crippen LogP contribution in [0.5, 0.6) is 0 Å². The molecule has 0 aliphatic heterocycles. The molecule has 0 bridgehead atoms. The summed E-state index contributed by atoms with van der Waals surface area (Å²) in [7, 11) is 0. The number of nitrogens with one attached hydrogen (secondary N) is 2. The number of thiazole rings is 1. The summed E-state index contributed by atoms with van der Waals surface area (Å²) in [4.78, 5) is 9.23. The van der Waals surface area contributed by atoms with Crippen molar-refractivity contribution in [3.05, 3.63) is 16.1 Å². The molecule has 4 nitrogen and oxygen atoms in total. The summed E-state index contributed by atoms with van der Waals surface area (Å²) >= 11 is 1.73. The second kappa shape index (κ2) is 10.6. The Morgan fingerprint density at radius 1 is 1.24 bits per heavy atom. The smallest absolute Gasteiger partial charge is 0.191 e. The van der Waals surface area contributed by atoms with Gasteiger partial charge in [-0.05, 0) is 13.3 Å². The van der Waals surface area contributed by atoms with Gasteiger partial charge in [-0.15, -0.1) is 11.3 Å². The highest BCUT2D eigenvalue weighted by Gasteiger charge is 2.05. The van der Waals surface area contributed by atoms with E-state index in [0.29, 0.717) is 12.5 Å². The van der Waals surface area contributed by atoms with Gasteiger partial charge in [0.25, 0.3) is 0 Å². The van der Waals surface area contributed by atoms with Crippen LogP contribution in [0.25, 0.3) is 0 Å². The lowest BCUT2D eigenvalue weighted by Gasteiger charge is -2.10. The van der Waals surface area contributed by atoms with Crippen molar-refractivity contribution in [2.75, 3.05) is 13.1 Å². The Labute approximate surface area is 133 Å². The molecular formula is C16H30N4S. The molecule has 0 saturated heterocycles. The van der Waals surface area contributed by atoms with Crippen LogP contribution in [0.2, 0.25) is 0 Å². The van der Waals surface area contributed by atoms with Crippen LogP contribution in [0.3, 0.4) is 0 Å². The normalized spacial score (nSPS) is 12.0. The van der Waals surface area contributed by atoms with Crippen LogP contribution in [-0.2, 0) is 6.54 Å². The molecule has 1 aromatic heterocycles. The van der Waals surface area contributed by atoms with Gasteiger partial charge in [0.2, 0.25) is 0 Å². The quantitative estimate of drug-likeness (QED) is 0.413. The predicted octanol–water partition coefficient (Wildman–Crippen LogP) is 3.90. The number of nitrogens with zero attached hydrogens (tertiary/aromatic N) is 2. The SMILES string of the molecule is CCCCCCNC(=NCc1csc(C(C)C)n1)NCC. The maximum atomic E-state index is 4.62. The first-order valence-electron chi connectivity index (χ1n) is 8.13. The summed E-state index contributed by atoms with van der Waals surface area (Å²) in [6.07, 6.45) is 5.07. The molecule has 0 spiro atoms. The Morgan fingerprint density at radius 2 is 2.05 bits per heavy atom. The average Bonchev–Trinajstić information content (AvgIpc) is 2.93. The van der Waals surface area contributed by atoms with Gasteiger partial charge in [-0.25, -0.2) is 9.98 Å². The lowest BCUT2D eigenvalue weighted by Crippen LogP contribution is -2.37. The highest BCUT2D eigenvalue weighted by atomic mass is 32.1. The lowest BCUT2D eigenvalue weighted by molar-refractivity contribution is 0.647. The second-order valence-electron chi connectivity index (χ2n) is 5.51. The first kappa shape index (κ1) is 18.0. The van der Waals surface area contributed by atoms with E-state index in [1.54, 1.807) is 11.3 Å². The number of unbranched alkanes of at least 4 members (excludes halogenated alkanes) is 3. The fraction of sp³-hybridized carbons (Fsp3) is 0.750. The zero-order chi connectivity index (χ0) is 15.5. The van der Waals surface area contributed by atoms with Crippen LogP contribution in [0.15, 0.2) is 10.4 Å². The first-order chi connectivity index (χ1) is 10.2. The Kier molecular flexibility index (Phi) is 9.06. The molecule has 0 aliphatic rings. The van der Waals surface area contributed by atoms with Crippen molar-refractivity contribution in [2.45, 2.75) is 65.8 Å². The van der Waals surface area contributed by atoms with Gasteiger partial charge in [0.05, 0.1) is 17.2 Å². The van der Waals surface area contributed by atoms with E-state index in [-0.39, 0.29) is 0 Å². The molecule has 21 heavy (non-hydrogen) atoms. The molecule has 0 unspecified atom stereocenters. The number of aliphatic imine (C=N–C) groups is 1. The fourth-order valence-corrected chi connectivity index (χ4v) is 2.75. The van der Waals surface area contributed by atoms with Crippen molar-refractivity contribution < 1.29 is 0 Å². The summed E-state index contributed by atoms with van der Waals surface area (Å²) in [5.41, 5.74) is 1.06. The molecule has 1 aromatic rings. The molecule has 0 radical (unpaired) electrons. The number of guanidine groups is 1. The Bertz CT molecular complexity index is 412. The first-order valence-corrected chi connectivity index (χ1v) is 9.01. The van der Waals surface area contributed by atoms with Crippen LogP contribution in [0.1, 0.15) is 70.0 Å². The molecule has 0 saturated carbocycles. The zero-order valence-electron chi connectivity index (χ0n) is 13.9. The number of hydrogen-bond donors (Lipinski definition) is 2. The van der Waals surface area contributed by atoms with Gasteiger partial charge in [0.1, 0.15) is 0 Å². The topological polar surface area (TPSA) is 49.3 Å². The standard InChI is InChI=1S/C16H30N4S/c1-5-7-8-9-10-18-16(17-6-2)19-11-14-12-21-15(20-14)13(3)4/h12-13H,5-11H2,1-4H3,(H2,17,18,19). The molecule has 0 aromatic carbocycles. The van der Waals surface area contributed by atoms with Gasteiger partial charge in [0, 0.05) is 24.4 Å². The van der Waals surface area contributed by atoms with E-state index in [1.165, 1.54) is 30.7 Å². The van der Waals surface area contributed by atoms with E-state index < -0.39 is 0 Å². The maximum absolute atomic E-state index is 4.62. The minimum Gasteiger partial charge on any atom is -0.357 e. The molecule has 0 amide bonds. The van der Waals surface area contributed by atoms with E-state index in [9.17, 15) is 0 Å². The predicted molar refractivity (Wildman–Crippen MR) is 93.2 cm³/mol. The molecular weight excluding hydrogens is 280 g/mol. The summed E-state index contributed by atoms with van der Waals surface area (Å²) in [5, 5.41) is 9.99. The van der Waals surface area contributed by atoms with E-state index >= 15 is 0 Å². The van der Waals surface area contributed by atoms with Crippen LogP contribution in [0, 0.1) is 0 Å². The third-order valence-corrected chi connectivity index (χ3v) is 4.32. The van der Waals surface area contributed by atoms with Crippen molar-refractivity contribution >= 4 is 17.3 Å². The van der Waals surface area contributed by atoms with Crippen molar-refractivity contribution in [3.8, 4) is 0 Å². The number of hydrogen-bond acceptors (Lipinski definition) is 3. The summed E-state index contributed by atoms with van der Waals surface area (Å²) in [5.74, 6) is 1.39. The summed E-state index contributed by atoms with van der Waals surface area (Å²) < 4.78 is 0. The van der Waals surface area contributed by atoms with Gasteiger partial charge < -0.3 is 10.6 Å². The van der Waals surface area contributed by atoms with E-state index in [4.69, 9.17) is 0 Å². The average molecular weight is 311 g/mol. The number of aromatic nitrogens is 1. The second-order valence-corrected chi connectivity index (χ2v) is 6.40. The van der Waals surface area contributed by atoms with Crippen molar-refractivity contribution in [3.63, 3.8) is 0 Å². The minimum absolute atomic E-state index is 0.498. The van der Waals surface area contributed by atoms with Crippen molar-refractivity contribution in [1.82, 2.24) is 15.6 Å². The molecule has 1 rings (SSSR count). The highest BCUT2D eigenvalue weighted by molar-refractivity contribution is 7.09. The molecule has 2 N–H and O–H groups in total. The summed E-state index contributed by atoms with van der Waals surface area (Å²) in [6, 6.07) is 0. The van der Waals surface area contributed by atoms with Gasteiger partial charge in [-0.1, -0.05) is 40.0 Å². The third-order valence-electron chi connectivity index (χ3n) is 3.13. The van der Waals surface area contributed by atoms with Crippen molar-refractivity contribution in [1.29, 1.82) is 0 Å². The van der Waals surface area contributed by atoms with Gasteiger partial charge in [-0.2, -0.15) is 0 Å². The van der Waals surface area contributed by atoms with Crippen LogP contribution < -0.4 is 10.6 Å². The number of rotatable bonds is 9. The third kappa shape index (κ3) is 7.46. The summed E-state index contributed by atoms with van der Waals surface area (Å²) in [6.45, 7) is 11.2. The maximum Gasteiger partial charge on any atom is 0.191 e. The van der Waals surface area contributed by atoms with Crippen molar-refractivity contribution in [2.24, 2.45) is 4.99 Å². The van der Waals surface area contributed by atoms with Gasteiger partial charge in [-0.3, -0.25) is 0 Å². The molecule has 5 heteroatoms. The van der Waals surface area contributed by atoms with Crippen LogP contribution in [0.4, 0.5) is 0 Å². The lowest BCUT2D eigenvalue weighted by atomic mass is 10.2. The van der Waals surface area contributed by atoms with E-state index in [0.717, 1.165) is 24.7 Å². The highest BCUT2D eigenvalue weighted by Crippen LogP contribution is 2.19. The monoisotopic (exact) mass is 310 g/mol. The van der Waals surface area contributed by atoms with Gasteiger partial charge in [0.15, 0.2) is 5.96 Å². The zero-order valence-corrected chi connectivity index (χ0v) is 14.7. The van der Waals surface area contributed by atoms with E-state index in [1.807, 2.05) is 0 Å². The van der Waals surface area contributed by atoms with Crippen LogP contribution in [-0.4, -0.2) is 24.0 Å². The van der Waals surface area contributed by atoms with Gasteiger partial charge >= 0.3 is 0 Å². The minimum atomic E-state index is 0.498.